The van der Waals surface area contributed by atoms with Crippen LogP contribution < -0.4 is 10.1 Å². The van der Waals surface area contributed by atoms with Crippen molar-refractivity contribution < 1.29 is 9.84 Å². The van der Waals surface area contributed by atoms with E-state index in [-0.39, 0.29) is 12.5 Å². The summed E-state index contributed by atoms with van der Waals surface area (Å²) in [6.45, 7) is 9.38. The summed E-state index contributed by atoms with van der Waals surface area (Å²) in [6.07, 6.45) is 0. The number of aliphatic hydroxyl groups excluding tert-OH is 1. The number of aryl methyl sites for hydroxylation is 2. The summed E-state index contributed by atoms with van der Waals surface area (Å²) in [6, 6.07) is 4.14. The van der Waals surface area contributed by atoms with Crippen molar-refractivity contribution in [2.75, 3.05) is 25.6 Å². The number of hydrogen-bond acceptors (Lipinski definition) is 3. The molecule has 1 rings (SSSR count). The molecule has 0 amide bonds. The number of ether oxygens (including phenoxy) is 1. The summed E-state index contributed by atoms with van der Waals surface area (Å²) in [5.41, 5.74) is 3.46. The molecule has 0 saturated heterocycles. The number of benzene rings is 1. The normalized spacial score (nSPS) is 12.6. The number of rotatable bonds is 6. The zero-order valence-electron chi connectivity index (χ0n) is 12.1. The first-order valence-electron chi connectivity index (χ1n) is 6.49. The molecule has 1 atom stereocenters. The van der Waals surface area contributed by atoms with Gasteiger partial charge in [0.2, 0.25) is 0 Å². The van der Waals surface area contributed by atoms with E-state index in [9.17, 15) is 5.11 Å². The number of nitrogens with one attached hydrogen (secondary N) is 1. The molecule has 0 heterocycles. The molecule has 1 unspecified atom stereocenters. The van der Waals surface area contributed by atoms with Crippen molar-refractivity contribution in [3.8, 4) is 5.75 Å². The van der Waals surface area contributed by atoms with Crippen LogP contribution in [0, 0.1) is 25.7 Å². The molecular weight excluding hydrogens is 226 g/mol. The summed E-state index contributed by atoms with van der Waals surface area (Å²) in [5, 5.41) is 12.7. The fourth-order valence-corrected chi connectivity index (χ4v) is 1.85. The Kier molecular flexibility index (Phi) is 5.48. The largest absolute Gasteiger partial charge is 0.495 e. The maximum atomic E-state index is 9.33. The molecule has 18 heavy (non-hydrogen) atoms. The molecule has 0 bridgehead atoms. The molecule has 0 saturated carbocycles. The van der Waals surface area contributed by atoms with Crippen LogP contribution in [0.15, 0.2) is 12.1 Å². The van der Waals surface area contributed by atoms with Crippen LogP contribution in [0.1, 0.15) is 25.0 Å². The summed E-state index contributed by atoms with van der Waals surface area (Å²) < 4.78 is 5.38. The minimum atomic E-state index is 0.206. The smallest absolute Gasteiger partial charge is 0.142 e. The Morgan fingerprint density at radius 2 is 1.83 bits per heavy atom. The number of hydrogen-bond donors (Lipinski definition) is 2. The lowest BCUT2D eigenvalue weighted by atomic mass is 9.96. The molecule has 3 nitrogen and oxygen atoms in total. The second-order valence-electron chi connectivity index (χ2n) is 5.20. The fourth-order valence-electron chi connectivity index (χ4n) is 1.85. The number of aliphatic hydroxyl groups is 1. The summed E-state index contributed by atoms with van der Waals surface area (Å²) in [4.78, 5) is 0. The fraction of sp³-hybridized carbons (Fsp3) is 0.600. The minimum Gasteiger partial charge on any atom is -0.495 e. The van der Waals surface area contributed by atoms with Crippen LogP contribution in [-0.4, -0.2) is 25.4 Å². The van der Waals surface area contributed by atoms with Crippen molar-refractivity contribution in [2.45, 2.75) is 27.7 Å². The third kappa shape index (κ3) is 3.64. The SMILES string of the molecule is COc1cc(C)c(C)cc1NCC(CO)C(C)C. The average Bonchev–Trinajstić information content (AvgIpc) is 2.33. The van der Waals surface area contributed by atoms with Gasteiger partial charge in [0.05, 0.1) is 12.8 Å². The van der Waals surface area contributed by atoms with Crippen molar-refractivity contribution in [2.24, 2.45) is 11.8 Å². The Balaban J connectivity index is 2.80. The molecule has 2 N–H and O–H groups in total. The standard InChI is InChI=1S/C15H25NO2/c1-10(2)13(9-17)8-16-14-6-11(3)12(4)7-15(14)18-5/h6-7,10,13,16-17H,8-9H2,1-5H3. The van der Waals surface area contributed by atoms with Gasteiger partial charge in [-0.2, -0.15) is 0 Å². The first kappa shape index (κ1) is 14.8. The van der Waals surface area contributed by atoms with Crippen LogP contribution in [0.5, 0.6) is 5.75 Å². The van der Waals surface area contributed by atoms with E-state index in [1.807, 2.05) is 6.07 Å². The molecule has 102 valence electrons. The third-order valence-corrected chi connectivity index (χ3v) is 3.55. The van der Waals surface area contributed by atoms with E-state index in [0.29, 0.717) is 5.92 Å². The Morgan fingerprint density at radius 3 is 2.33 bits per heavy atom. The lowest BCUT2D eigenvalue weighted by Gasteiger charge is -2.21. The topological polar surface area (TPSA) is 41.5 Å². The zero-order chi connectivity index (χ0) is 13.7. The van der Waals surface area contributed by atoms with E-state index in [1.165, 1.54) is 11.1 Å². The van der Waals surface area contributed by atoms with Crippen molar-refractivity contribution >= 4 is 5.69 Å². The highest BCUT2D eigenvalue weighted by Gasteiger charge is 2.13. The van der Waals surface area contributed by atoms with E-state index in [1.54, 1.807) is 7.11 Å². The van der Waals surface area contributed by atoms with Gasteiger partial charge in [-0.3, -0.25) is 0 Å². The zero-order valence-corrected chi connectivity index (χ0v) is 12.1. The lowest BCUT2D eigenvalue weighted by Crippen LogP contribution is -2.23. The van der Waals surface area contributed by atoms with Gasteiger partial charge in [0.25, 0.3) is 0 Å². The Bertz CT molecular complexity index is 388. The second kappa shape index (κ2) is 6.64. The van der Waals surface area contributed by atoms with Crippen molar-refractivity contribution in [1.82, 2.24) is 0 Å². The minimum absolute atomic E-state index is 0.206. The first-order chi connectivity index (χ1) is 8.49. The molecule has 3 heteroatoms. The van der Waals surface area contributed by atoms with Crippen molar-refractivity contribution in [3.63, 3.8) is 0 Å². The summed E-state index contributed by atoms with van der Waals surface area (Å²) in [5.74, 6) is 1.58. The van der Waals surface area contributed by atoms with Crippen LogP contribution in [0.25, 0.3) is 0 Å². The maximum Gasteiger partial charge on any atom is 0.142 e. The van der Waals surface area contributed by atoms with E-state index in [2.05, 4.69) is 39.1 Å². The van der Waals surface area contributed by atoms with Gasteiger partial charge >= 0.3 is 0 Å². The molecule has 0 aliphatic heterocycles. The second-order valence-corrected chi connectivity index (χ2v) is 5.20. The van der Waals surface area contributed by atoms with Crippen molar-refractivity contribution in [1.29, 1.82) is 0 Å². The van der Waals surface area contributed by atoms with Gasteiger partial charge in [-0.1, -0.05) is 13.8 Å². The summed E-state index contributed by atoms with van der Waals surface area (Å²) >= 11 is 0. The van der Waals surface area contributed by atoms with E-state index >= 15 is 0 Å². The highest BCUT2D eigenvalue weighted by Crippen LogP contribution is 2.28. The highest BCUT2D eigenvalue weighted by molar-refractivity contribution is 5.60. The first-order valence-corrected chi connectivity index (χ1v) is 6.49. The predicted molar refractivity (Wildman–Crippen MR) is 76.4 cm³/mol. The van der Waals surface area contributed by atoms with Gasteiger partial charge in [-0.05, 0) is 43.0 Å². The number of anilines is 1. The molecule has 1 aromatic carbocycles. The van der Waals surface area contributed by atoms with Gasteiger partial charge in [0, 0.05) is 19.1 Å². The average molecular weight is 251 g/mol. The highest BCUT2D eigenvalue weighted by atomic mass is 16.5. The molecule has 0 aliphatic rings. The Morgan fingerprint density at radius 1 is 1.22 bits per heavy atom. The molecule has 1 aromatic rings. The molecule has 0 fully saturated rings. The predicted octanol–water partition coefficient (Wildman–Crippen LogP) is 2.99. The van der Waals surface area contributed by atoms with E-state index in [4.69, 9.17) is 4.74 Å². The van der Waals surface area contributed by atoms with Crippen LogP contribution in [0.2, 0.25) is 0 Å². The third-order valence-electron chi connectivity index (χ3n) is 3.55. The quantitative estimate of drug-likeness (QED) is 0.816. The van der Waals surface area contributed by atoms with Crippen LogP contribution >= 0.6 is 0 Å². The molecule has 0 radical (unpaired) electrons. The van der Waals surface area contributed by atoms with Crippen molar-refractivity contribution in [3.05, 3.63) is 23.3 Å². The van der Waals surface area contributed by atoms with Gasteiger partial charge < -0.3 is 15.2 Å². The molecule has 0 aromatic heterocycles. The van der Waals surface area contributed by atoms with Gasteiger partial charge in [-0.15, -0.1) is 0 Å². The maximum absolute atomic E-state index is 9.33. The van der Waals surface area contributed by atoms with Crippen LogP contribution in [0.4, 0.5) is 5.69 Å². The van der Waals surface area contributed by atoms with Crippen LogP contribution in [0.3, 0.4) is 0 Å². The van der Waals surface area contributed by atoms with E-state index in [0.717, 1.165) is 18.0 Å². The van der Waals surface area contributed by atoms with Gasteiger partial charge in [0.1, 0.15) is 5.75 Å². The lowest BCUT2D eigenvalue weighted by molar-refractivity contribution is 0.198. The van der Waals surface area contributed by atoms with Crippen LogP contribution in [-0.2, 0) is 0 Å². The summed E-state index contributed by atoms with van der Waals surface area (Å²) in [7, 11) is 1.68. The molecule has 0 spiro atoms. The Labute approximate surface area is 110 Å². The Hall–Kier alpha value is -1.22. The van der Waals surface area contributed by atoms with Gasteiger partial charge in [0.15, 0.2) is 0 Å². The molecular formula is C15H25NO2. The molecule has 0 aliphatic carbocycles. The van der Waals surface area contributed by atoms with Gasteiger partial charge in [-0.25, -0.2) is 0 Å². The monoisotopic (exact) mass is 251 g/mol. The number of methoxy groups -OCH3 is 1. The van der Waals surface area contributed by atoms with E-state index < -0.39 is 0 Å².